The molecule has 2 N–H and O–H groups in total. The quantitative estimate of drug-likeness (QED) is 0.715. The van der Waals surface area contributed by atoms with E-state index in [1.807, 2.05) is 0 Å². The Labute approximate surface area is 137 Å². The molecule has 2 aromatic rings. The van der Waals surface area contributed by atoms with Gasteiger partial charge in [0.15, 0.2) is 0 Å². The number of aryl methyl sites for hydroxylation is 1. The Morgan fingerprint density at radius 2 is 2.08 bits per heavy atom. The number of ether oxygens (including phenoxy) is 1. The Bertz CT molecular complexity index is 753. The molecule has 1 atom stereocenters. The van der Waals surface area contributed by atoms with Crippen LogP contribution in [0.2, 0.25) is 0 Å². The number of hydrogen-bond acceptors (Lipinski definition) is 6. The lowest BCUT2D eigenvalue weighted by atomic mass is 10.1. The SMILES string of the molecule is COC(=O)c1ccc(C(=O)N[C@@H](Cc2cn(C)cn2)C(=O)O)cn1. The maximum atomic E-state index is 12.1. The molecule has 0 aliphatic carbocycles. The zero-order valence-electron chi connectivity index (χ0n) is 13.1. The number of imidazole rings is 1. The van der Waals surface area contributed by atoms with E-state index >= 15 is 0 Å². The minimum absolute atomic E-state index is 0.0512. The van der Waals surface area contributed by atoms with E-state index in [0.717, 1.165) is 0 Å². The summed E-state index contributed by atoms with van der Waals surface area (Å²) in [6, 6.07) is 1.57. The average molecular weight is 332 g/mol. The van der Waals surface area contributed by atoms with E-state index in [2.05, 4.69) is 20.0 Å². The first kappa shape index (κ1) is 17.1. The van der Waals surface area contributed by atoms with E-state index in [4.69, 9.17) is 0 Å². The molecule has 0 aromatic carbocycles. The molecule has 9 heteroatoms. The lowest BCUT2D eigenvalue weighted by molar-refractivity contribution is -0.139. The molecular weight excluding hydrogens is 316 g/mol. The average Bonchev–Trinajstić information content (AvgIpc) is 2.98. The van der Waals surface area contributed by atoms with Crippen molar-refractivity contribution in [2.75, 3.05) is 7.11 Å². The molecule has 2 aromatic heterocycles. The number of carbonyl (C=O) groups excluding carboxylic acids is 2. The van der Waals surface area contributed by atoms with Gasteiger partial charge in [0.1, 0.15) is 11.7 Å². The van der Waals surface area contributed by atoms with E-state index in [1.165, 1.54) is 25.4 Å². The maximum Gasteiger partial charge on any atom is 0.356 e. The van der Waals surface area contributed by atoms with Gasteiger partial charge in [-0.3, -0.25) is 4.79 Å². The largest absolute Gasteiger partial charge is 0.480 e. The molecule has 2 rings (SSSR count). The molecule has 0 radical (unpaired) electrons. The van der Waals surface area contributed by atoms with Gasteiger partial charge in [-0.1, -0.05) is 0 Å². The summed E-state index contributed by atoms with van der Waals surface area (Å²) in [5.74, 6) is -2.41. The highest BCUT2D eigenvalue weighted by Gasteiger charge is 2.22. The molecule has 0 spiro atoms. The summed E-state index contributed by atoms with van der Waals surface area (Å²) < 4.78 is 6.20. The number of amides is 1. The normalized spacial score (nSPS) is 11.6. The summed E-state index contributed by atoms with van der Waals surface area (Å²) >= 11 is 0. The monoisotopic (exact) mass is 332 g/mol. The van der Waals surface area contributed by atoms with Crippen molar-refractivity contribution in [3.05, 3.63) is 47.8 Å². The number of carboxylic acid groups (broad SMARTS) is 1. The highest BCUT2D eigenvalue weighted by atomic mass is 16.5. The van der Waals surface area contributed by atoms with E-state index in [-0.39, 0.29) is 17.7 Å². The predicted molar refractivity (Wildman–Crippen MR) is 81.4 cm³/mol. The van der Waals surface area contributed by atoms with Crippen LogP contribution in [-0.2, 0) is 23.0 Å². The summed E-state index contributed by atoms with van der Waals surface area (Å²) in [4.78, 5) is 42.6. The second-order valence-corrected chi connectivity index (χ2v) is 5.02. The van der Waals surface area contributed by atoms with Crippen molar-refractivity contribution >= 4 is 17.8 Å². The van der Waals surface area contributed by atoms with E-state index in [1.54, 1.807) is 24.1 Å². The second kappa shape index (κ2) is 7.36. The third-order valence-corrected chi connectivity index (χ3v) is 3.20. The number of esters is 1. The van der Waals surface area contributed by atoms with Crippen LogP contribution in [-0.4, -0.2) is 50.6 Å². The third-order valence-electron chi connectivity index (χ3n) is 3.20. The number of aliphatic carboxylic acids is 1. The first-order valence-electron chi connectivity index (χ1n) is 6.95. The van der Waals surface area contributed by atoms with Gasteiger partial charge in [0, 0.05) is 25.9 Å². The van der Waals surface area contributed by atoms with E-state index in [9.17, 15) is 19.5 Å². The fourth-order valence-electron chi connectivity index (χ4n) is 1.98. The number of nitrogens with one attached hydrogen (secondary N) is 1. The number of pyridine rings is 1. The minimum Gasteiger partial charge on any atom is -0.480 e. The van der Waals surface area contributed by atoms with E-state index < -0.39 is 23.9 Å². The van der Waals surface area contributed by atoms with Crippen molar-refractivity contribution in [3.63, 3.8) is 0 Å². The van der Waals surface area contributed by atoms with Gasteiger partial charge in [0.2, 0.25) is 0 Å². The molecule has 1 amide bonds. The number of aromatic nitrogens is 3. The third kappa shape index (κ3) is 4.15. The highest BCUT2D eigenvalue weighted by molar-refractivity contribution is 5.97. The van der Waals surface area contributed by atoms with Crippen molar-refractivity contribution in [2.45, 2.75) is 12.5 Å². The number of carbonyl (C=O) groups is 3. The fraction of sp³-hybridized carbons (Fsp3) is 0.267. The Morgan fingerprint density at radius 1 is 1.33 bits per heavy atom. The van der Waals surface area contributed by atoms with E-state index in [0.29, 0.717) is 5.69 Å². The van der Waals surface area contributed by atoms with Gasteiger partial charge in [-0.25, -0.2) is 19.6 Å². The molecule has 9 nitrogen and oxygen atoms in total. The smallest absolute Gasteiger partial charge is 0.356 e. The van der Waals surface area contributed by atoms with Crippen LogP contribution >= 0.6 is 0 Å². The molecular formula is C15H16N4O5. The van der Waals surface area contributed by atoms with Gasteiger partial charge in [-0.15, -0.1) is 0 Å². The standard InChI is InChI=1S/C15H16N4O5/c1-19-7-10(17-8-19)5-12(14(21)22)18-13(20)9-3-4-11(16-6-9)15(23)24-2/h3-4,6-8,12H,5H2,1-2H3,(H,18,20)(H,21,22)/t12-/m0/s1. The number of carboxylic acids is 1. The molecule has 0 fully saturated rings. The van der Waals surface area contributed by atoms with Crippen molar-refractivity contribution in [2.24, 2.45) is 7.05 Å². The van der Waals surface area contributed by atoms with Crippen LogP contribution in [0.3, 0.4) is 0 Å². The summed E-state index contributed by atoms with van der Waals surface area (Å²) in [6.07, 6.45) is 4.46. The van der Waals surface area contributed by atoms with Crippen molar-refractivity contribution in [1.82, 2.24) is 19.9 Å². The Morgan fingerprint density at radius 3 is 2.58 bits per heavy atom. The van der Waals surface area contributed by atoms with Gasteiger partial charge in [-0.2, -0.15) is 0 Å². The van der Waals surface area contributed by atoms with Gasteiger partial charge < -0.3 is 19.7 Å². The number of methoxy groups -OCH3 is 1. The molecule has 2 heterocycles. The Balaban J connectivity index is 2.07. The topological polar surface area (TPSA) is 123 Å². The summed E-state index contributed by atoms with van der Waals surface area (Å²) in [5, 5.41) is 11.7. The van der Waals surface area contributed by atoms with Crippen molar-refractivity contribution in [1.29, 1.82) is 0 Å². The van der Waals surface area contributed by atoms with Gasteiger partial charge in [0.25, 0.3) is 5.91 Å². The molecule has 0 saturated carbocycles. The number of hydrogen-bond donors (Lipinski definition) is 2. The zero-order chi connectivity index (χ0) is 17.7. The number of nitrogens with zero attached hydrogens (tertiary/aromatic N) is 3. The molecule has 0 unspecified atom stereocenters. The van der Waals surface area contributed by atoms with Crippen LogP contribution < -0.4 is 5.32 Å². The Hall–Kier alpha value is -3.23. The fourth-order valence-corrected chi connectivity index (χ4v) is 1.98. The molecule has 126 valence electrons. The van der Waals surface area contributed by atoms with Crippen LogP contribution in [0.15, 0.2) is 30.9 Å². The number of rotatable bonds is 6. The van der Waals surface area contributed by atoms with Gasteiger partial charge >= 0.3 is 11.9 Å². The summed E-state index contributed by atoms with van der Waals surface area (Å²) in [7, 11) is 2.99. The first-order chi connectivity index (χ1) is 11.4. The molecule has 0 aliphatic rings. The highest BCUT2D eigenvalue weighted by Crippen LogP contribution is 2.05. The van der Waals surface area contributed by atoms with Gasteiger partial charge in [-0.05, 0) is 12.1 Å². The molecule has 0 bridgehead atoms. The zero-order valence-corrected chi connectivity index (χ0v) is 13.1. The predicted octanol–water partition coefficient (Wildman–Crippen LogP) is 0.0274. The van der Waals surface area contributed by atoms with Gasteiger partial charge in [0.05, 0.1) is 24.7 Å². The first-order valence-corrected chi connectivity index (χ1v) is 6.95. The summed E-state index contributed by atoms with van der Waals surface area (Å²) in [6.45, 7) is 0. The summed E-state index contributed by atoms with van der Waals surface area (Å²) in [5.41, 5.74) is 0.733. The molecule has 0 saturated heterocycles. The molecule has 24 heavy (non-hydrogen) atoms. The van der Waals surface area contributed by atoms with Crippen LogP contribution in [0, 0.1) is 0 Å². The van der Waals surface area contributed by atoms with Crippen LogP contribution in [0.5, 0.6) is 0 Å². The lowest BCUT2D eigenvalue weighted by Gasteiger charge is -2.13. The van der Waals surface area contributed by atoms with Crippen LogP contribution in [0.1, 0.15) is 26.5 Å². The maximum absolute atomic E-state index is 12.1. The molecule has 0 aliphatic heterocycles. The van der Waals surface area contributed by atoms with Crippen LogP contribution in [0.4, 0.5) is 0 Å². The van der Waals surface area contributed by atoms with Crippen LogP contribution in [0.25, 0.3) is 0 Å². The lowest BCUT2D eigenvalue weighted by Crippen LogP contribution is -2.42. The van der Waals surface area contributed by atoms with Crippen molar-refractivity contribution < 1.29 is 24.2 Å². The Kier molecular flexibility index (Phi) is 5.25. The minimum atomic E-state index is -1.17. The second-order valence-electron chi connectivity index (χ2n) is 5.02. The van der Waals surface area contributed by atoms with Crippen molar-refractivity contribution in [3.8, 4) is 0 Å².